The minimum atomic E-state index is -4.71. The van der Waals surface area contributed by atoms with Crippen molar-refractivity contribution in [1.29, 1.82) is 0 Å². The maximum Gasteiger partial charge on any atom is 1.00 e. The molecule has 4 fully saturated rings. The van der Waals surface area contributed by atoms with E-state index in [1.54, 1.807) is 6.08 Å². The van der Waals surface area contributed by atoms with Gasteiger partial charge in [0, 0.05) is 23.8 Å². The Morgan fingerprint density at radius 2 is 1.90 bits per heavy atom. The summed E-state index contributed by atoms with van der Waals surface area (Å²) in [6.07, 6.45) is 5.58. The van der Waals surface area contributed by atoms with Crippen LogP contribution in [0, 0.1) is 34.5 Å². The number of rotatable bonds is 2. The molecule has 8 atom stereocenters. The second kappa shape index (κ2) is 7.39. The van der Waals surface area contributed by atoms with Gasteiger partial charge in [0.05, 0.1) is 6.10 Å². The molecule has 160 valence electrons. The van der Waals surface area contributed by atoms with Crippen LogP contribution >= 0.6 is 0 Å². The van der Waals surface area contributed by atoms with Crippen molar-refractivity contribution in [2.45, 2.75) is 71.0 Å². The van der Waals surface area contributed by atoms with Gasteiger partial charge < -0.3 is 9.29 Å². The zero-order valence-corrected chi connectivity index (χ0v) is 20.6. The zero-order valence-electron chi connectivity index (χ0n) is 17.8. The van der Waals surface area contributed by atoms with E-state index in [-0.39, 0.29) is 76.0 Å². The summed E-state index contributed by atoms with van der Waals surface area (Å²) in [7, 11) is -4.71. The molecular weight excluding hydrogens is 419 g/mol. The molecule has 4 saturated carbocycles. The van der Waals surface area contributed by atoms with Crippen molar-refractivity contribution in [2.75, 3.05) is 0 Å². The van der Waals surface area contributed by atoms with Crippen LogP contribution in [-0.2, 0) is 28.9 Å². The topological polar surface area (TPSA) is 110 Å². The standard InChI is InChI=1S/C21H28O7S.Na/c1-20-6-5-12(28-29(24,25)26)7-11(20)3-4-13-14-8-17-15(9-18(23)27-17)21(14,2)10-16(22)19(13)20;/h9,11-14,17,19H,3-8,10H2,1-2H3,(H,24,25,26);/q;+1/p-1. The molecule has 5 aliphatic rings. The number of hydrogen-bond acceptors (Lipinski definition) is 7. The predicted molar refractivity (Wildman–Crippen MR) is 100 cm³/mol. The van der Waals surface area contributed by atoms with Crippen LogP contribution in [0.5, 0.6) is 0 Å². The van der Waals surface area contributed by atoms with Crippen molar-refractivity contribution in [1.82, 2.24) is 0 Å². The van der Waals surface area contributed by atoms with Crippen molar-refractivity contribution < 1.29 is 61.0 Å². The van der Waals surface area contributed by atoms with Gasteiger partial charge in [0.25, 0.3) is 0 Å². The van der Waals surface area contributed by atoms with Gasteiger partial charge in [-0.25, -0.2) is 13.2 Å². The third kappa shape index (κ3) is 3.37. The molecule has 0 N–H and O–H groups in total. The Morgan fingerprint density at radius 1 is 1.17 bits per heavy atom. The molecule has 0 amide bonds. The zero-order chi connectivity index (χ0) is 20.8. The molecule has 5 rings (SSSR count). The van der Waals surface area contributed by atoms with Gasteiger partial charge in [0.2, 0.25) is 10.4 Å². The first kappa shape index (κ1) is 22.9. The quantitative estimate of drug-likeness (QED) is 0.244. The molecule has 0 aromatic heterocycles. The molecule has 8 unspecified atom stereocenters. The Bertz CT molecular complexity index is 914. The van der Waals surface area contributed by atoms with Gasteiger partial charge in [-0.2, -0.15) is 0 Å². The van der Waals surface area contributed by atoms with Crippen LogP contribution in [0.25, 0.3) is 0 Å². The maximum atomic E-state index is 13.5. The monoisotopic (exact) mass is 446 g/mol. The van der Waals surface area contributed by atoms with Gasteiger partial charge >= 0.3 is 35.5 Å². The molecule has 0 spiro atoms. The summed E-state index contributed by atoms with van der Waals surface area (Å²) in [4.78, 5) is 25.2. The average Bonchev–Trinajstić information content (AvgIpc) is 3.09. The molecule has 0 aromatic rings. The van der Waals surface area contributed by atoms with E-state index in [1.165, 1.54) is 0 Å². The van der Waals surface area contributed by atoms with E-state index in [0.717, 1.165) is 24.8 Å². The second-order valence-corrected chi connectivity index (χ2v) is 11.3. The normalized spacial score (nSPS) is 47.2. The van der Waals surface area contributed by atoms with Crippen molar-refractivity contribution in [2.24, 2.45) is 34.5 Å². The van der Waals surface area contributed by atoms with E-state index in [2.05, 4.69) is 13.8 Å². The minimum Gasteiger partial charge on any atom is -0.726 e. The Morgan fingerprint density at radius 3 is 2.60 bits per heavy atom. The van der Waals surface area contributed by atoms with Gasteiger partial charge in [-0.3, -0.25) is 8.98 Å². The van der Waals surface area contributed by atoms with Crippen molar-refractivity contribution in [3.8, 4) is 0 Å². The van der Waals surface area contributed by atoms with Gasteiger partial charge in [-0.05, 0) is 67.3 Å². The molecule has 0 radical (unpaired) electrons. The van der Waals surface area contributed by atoms with Crippen molar-refractivity contribution >= 4 is 22.2 Å². The van der Waals surface area contributed by atoms with E-state index in [9.17, 15) is 22.6 Å². The van der Waals surface area contributed by atoms with Crippen LogP contribution in [0.3, 0.4) is 0 Å². The van der Waals surface area contributed by atoms with Crippen LogP contribution in [-0.4, -0.2) is 36.9 Å². The Kier molecular flexibility index (Phi) is 5.64. The summed E-state index contributed by atoms with van der Waals surface area (Å²) >= 11 is 0. The number of ether oxygens (including phenoxy) is 1. The summed E-state index contributed by atoms with van der Waals surface area (Å²) in [5, 5.41) is 0. The minimum absolute atomic E-state index is 0. The maximum absolute atomic E-state index is 13.5. The van der Waals surface area contributed by atoms with Crippen LogP contribution in [0.2, 0.25) is 0 Å². The van der Waals surface area contributed by atoms with Gasteiger partial charge in [0.15, 0.2) is 0 Å². The Hall–Kier alpha value is -0.250. The average molecular weight is 446 g/mol. The largest absolute Gasteiger partial charge is 1.00 e. The fourth-order valence-electron chi connectivity index (χ4n) is 7.80. The first-order valence-electron chi connectivity index (χ1n) is 10.6. The molecule has 30 heavy (non-hydrogen) atoms. The molecule has 1 heterocycles. The summed E-state index contributed by atoms with van der Waals surface area (Å²) in [6.45, 7) is 4.30. The Labute approximate surface area is 199 Å². The van der Waals surface area contributed by atoms with Crippen LogP contribution < -0.4 is 29.6 Å². The van der Waals surface area contributed by atoms with E-state index in [0.29, 0.717) is 31.6 Å². The van der Waals surface area contributed by atoms with Crippen LogP contribution in [0.4, 0.5) is 0 Å². The van der Waals surface area contributed by atoms with Crippen LogP contribution in [0.1, 0.15) is 58.8 Å². The second-order valence-electron chi connectivity index (χ2n) is 10.3. The predicted octanol–water partition coefficient (Wildman–Crippen LogP) is -0.481. The molecule has 7 nitrogen and oxygen atoms in total. The van der Waals surface area contributed by atoms with E-state index in [1.807, 2.05) is 0 Å². The van der Waals surface area contributed by atoms with Gasteiger partial charge in [-0.1, -0.05) is 13.8 Å². The SMILES string of the molecule is CC12CC(=O)C3C(CCC4CC(OS(=O)(=O)[O-])CCC43C)C1CC1OC(=O)C=C12.[Na+]. The number of fused-ring (bicyclic) bond motifs is 7. The van der Waals surface area contributed by atoms with Gasteiger partial charge in [-0.15, -0.1) is 0 Å². The van der Waals surface area contributed by atoms with Crippen molar-refractivity contribution in [3.63, 3.8) is 0 Å². The third-order valence-corrected chi connectivity index (χ3v) is 9.46. The fourth-order valence-corrected chi connectivity index (χ4v) is 8.31. The summed E-state index contributed by atoms with van der Waals surface area (Å²) < 4.78 is 43.3. The number of hydrogen-bond donors (Lipinski definition) is 0. The number of Topliss-reactive ketones (excluding diaryl/α,β-unsaturated/α-hetero) is 1. The molecule has 4 aliphatic carbocycles. The molecule has 9 heteroatoms. The number of carbonyl (C=O) groups is 2. The fraction of sp³-hybridized carbons (Fsp3) is 0.810. The number of ketones is 1. The van der Waals surface area contributed by atoms with Crippen molar-refractivity contribution in [3.05, 3.63) is 11.6 Å². The summed E-state index contributed by atoms with van der Waals surface area (Å²) in [6, 6.07) is 0. The molecule has 1 aliphatic heterocycles. The third-order valence-electron chi connectivity index (χ3n) is 8.96. The van der Waals surface area contributed by atoms with E-state index >= 15 is 0 Å². The van der Waals surface area contributed by atoms with E-state index < -0.39 is 16.5 Å². The summed E-state index contributed by atoms with van der Waals surface area (Å²) in [5.74, 6) is 0.672. The molecule has 0 saturated heterocycles. The molecular formula is C21H27NaO7S. The smallest absolute Gasteiger partial charge is 0.726 e. The van der Waals surface area contributed by atoms with E-state index in [4.69, 9.17) is 8.92 Å². The number of esters is 1. The number of carbonyl (C=O) groups excluding carboxylic acids is 2. The first-order valence-corrected chi connectivity index (χ1v) is 11.9. The Balaban J connectivity index is 0.00000218. The molecule has 0 aromatic carbocycles. The summed E-state index contributed by atoms with van der Waals surface area (Å²) in [5.41, 5.74) is 0.510. The van der Waals surface area contributed by atoms with Crippen LogP contribution in [0.15, 0.2) is 11.6 Å². The molecule has 0 bridgehead atoms. The first-order chi connectivity index (χ1) is 13.5. The van der Waals surface area contributed by atoms with Gasteiger partial charge in [0.1, 0.15) is 11.9 Å².